The van der Waals surface area contributed by atoms with Gasteiger partial charge in [0.25, 0.3) is 0 Å². The zero-order chi connectivity index (χ0) is 16.8. The second kappa shape index (κ2) is 5.71. The van der Waals surface area contributed by atoms with Crippen LogP contribution in [0.4, 0.5) is 0 Å². The molecule has 0 amide bonds. The van der Waals surface area contributed by atoms with E-state index in [2.05, 4.69) is 18.8 Å². The highest BCUT2D eigenvalue weighted by Gasteiger charge is 2.46. The summed E-state index contributed by atoms with van der Waals surface area (Å²) in [5.74, 6) is -0.991. The first-order valence-corrected chi connectivity index (χ1v) is 8.64. The molecular weight excluding hydrogens is 310 g/mol. The Hall–Kier alpha value is -1.75. The number of methoxy groups -OCH3 is 1. The van der Waals surface area contributed by atoms with Gasteiger partial charge in [-0.2, -0.15) is 0 Å². The fourth-order valence-corrected chi connectivity index (χ4v) is 4.53. The van der Waals surface area contributed by atoms with Crippen molar-refractivity contribution in [3.05, 3.63) is 33.7 Å². The lowest BCUT2D eigenvalue weighted by atomic mass is 9.68. The molecule has 1 aliphatic heterocycles. The van der Waals surface area contributed by atoms with Crippen molar-refractivity contribution in [2.24, 2.45) is 16.3 Å². The van der Waals surface area contributed by atoms with Gasteiger partial charge in [-0.05, 0) is 30.2 Å². The van der Waals surface area contributed by atoms with Crippen LogP contribution in [0.25, 0.3) is 0 Å². The molecule has 1 aromatic heterocycles. The molecule has 5 heteroatoms. The molecule has 2 aliphatic rings. The minimum atomic E-state index is -0.512. The van der Waals surface area contributed by atoms with E-state index in [4.69, 9.17) is 4.74 Å². The van der Waals surface area contributed by atoms with Gasteiger partial charge in [0.2, 0.25) is 0 Å². The van der Waals surface area contributed by atoms with Crippen molar-refractivity contribution >= 4 is 28.8 Å². The molecule has 0 saturated heterocycles. The number of aliphatic imine (C=N–C) groups is 1. The van der Waals surface area contributed by atoms with Gasteiger partial charge in [0.1, 0.15) is 5.92 Å². The first-order valence-electron chi connectivity index (χ1n) is 7.77. The number of Topliss-reactive ketones (excluding diaryl/α,β-unsaturated/α-hetero) is 1. The van der Waals surface area contributed by atoms with E-state index in [9.17, 15) is 9.59 Å². The molecule has 23 heavy (non-hydrogen) atoms. The largest absolute Gasteiger partial charge is 0.468 e. The van der Waals surface area contributed by atoms with Crippen molar-refractivity contribution in [2.75, 3.05) is 7.11 Å². The summed E-state index contributed by atoms with van der Waals surface area (Å²) in [6, 6.07) is 3.94. The maximum atomic E-state index is 12.8. The number of rotatable bonds is 2. The number of hydrogen-bond acceptors (Lipinski definition) is 5. The van der Waals surface area contributed by atoms with Crippen molar-refractivity contribution in [2.45, 2.75) is 39.5 Å². The molecule has 122 valence electrons. The standard InChI is InChI=1S/C18H21NO3S/c1-10-14(17(21)22-4)16(13-6-5-7-23-13)15-11(19-10)8-18(2,3)9-12(15)20/h5-7,14,16H,8-9H2,1-4H3. The monoisotopic (exact) mass is 331 g/mol. The van der Waals surface area contributed by atoms with Gasteiger partial charge in [0.15, 0.2) is 5.78 Å². The van der Waals surface area contributed by atoms with Crippen molar-refractivity contribution in [3.63, 3.8) is 0 Å². The third-order valence-electron chi connectivity index (χ3n) is 4.61. The van der Waals surface area contributed by atoms with Crippen LogP contribution in [0.5, 0.6) is 0 Å². The summed E-state index contributed by atoms with van der Waals surface area (Å²) >= 11 is 1.57. The van der Waals surface area contributed by atoms with Crippen LogP contribution in [-0.2, 0) is 14.3 Å². The first kappa shape index (κ1) is 16.1. The molecule has 3 rings (SSSR count). The Bertz CT molecular complexity index is 713. The molecule has 0 spiro atoms. The van der Waals surface area contributed by atoms with Crippen molar-refractivity contribution in [1.29, 1.82) is 0 Å². The van der Waals surface area contributed by atoms with Gasteiger partial charge in [-0.15, -0.1) is 11.3 Å². The Morgan fingerprint density at radius 1 is 1.39 bits per heavy atom. The SMILES string of the molecule is COC(=O)C1C(C)=NC2=C(C(=O)CC(C)(C)C2)C1c1cccs1. The maximum Gasteiger partial charge on any atom is 0.315 e. The highest BCUT2D eigenvalue weighted by molar-refractivity contribution is 7.10. The molecular formula is C18H21NO3S. The minimum absolute atomic E-state index is 0.0855. The number of hydrogen-bond donors (Lipinski definition) is 0. The van der Waals surface area contributed by atoms with E-state index in [1.165, 1.54) is 7.11 Å². The van der Waals surface area contributed by atoms with E-state index in [1.807, 2.05) is 24.4 Å². The average Bonchev–Trinajstić information content (AvgIpc) is 2.97. The third kappa shape index (κ3) is 2.78. The Morgan fingerprint density at radius 3 is 2.74 bits per heavy atom. The first-order chi connectivity index (χ1) is 10.8. The lowest BCUT2D eigenvalue weighted by molar-refractivity contribution is -0.143. The molecule has 0 saturated carbocycles. The average molecular weight is 331 g/mol. The van der Waals surface area contributed by atoms with E-state index in [0.717, 1.165) is 22.7 Å². The highest BCUT2D eigenvalue weighted by Crippen LogP contribution is 2.48. The molecule has 0 aromatic carbocycles. The second-order valence-electron chi connectivity index (χ2n) is 7.05. The number of allylic oxidation sites excluding steroid dienone is 2. The van der Waals surface area contributed by atoms with Gasteiger partial charge in [-0.1, -0.05) is 19.9 Å². The summed E-state index contributed by atoms with van der Waals surface area (Å²) in [6.45, 7) is 6.04. The second-order valence-corrected chi connectivity index (χ2v) is 8.03. The van der Waals surface area contributed by atoms with Gasteiger partial charge in [0.05, 0.1) is 7.11 Å². The number of esters is 1. The summed E-state index contributed by atoms with van der Waals surface area (Å²) < 4.78 is 5.00. The van der Waals surface area contributed by atoms with E-state index < -0.39 is 5.92 Å². The smallest absolute Gasteiger partial charge is 0.315 e. The molecule has 0 N–H and O–H groups in total. The molecule has 0 bridgehead atoms. The normalized spacial score (nSPS) is 26.6. The molecule has 0 fully saturated rings. The fraction of sp³-hybridized carbons (Fsp3) is 0.500. The van der Waals surface area contributed by atoms with Gasteiger partial charge in [-0.25, -0.2) is 0 Å². The summed E-state index contributed by atoms with van der Waals surface area (Å²) in [4.78, 5) is 30.9. The summed E-state index contributed by atoms with van der Waals surface area (Å²) in [5, 5.41) is 1.97. The Morgan fingerprint density at radius 2 is 2.13 bits per heavy atom. The quantitative estimate of drug-likeness (QED) is 0.776. The van der Waals surface area contributed by atoms with Crippen molar-refractivity contribution in [1.82, 2.24) is 0 Å². The predicted molar refractivity (Wildman–Crippen MR) is 90.7 cm³/mol. The maximum absolute atomic E-state index is 12.8. The third-order valence-corrected chi connectivity index (χ3v) is 5.56. The number of ether oxygens (including phenoxy) is 1. The van der Waals surface area contributed by atoms with Crippen LogP contribution >= 0.6 is 11.3 Å². The summed E-state index contributed by atoms with van der Waals surface area (Å²) in [5.41, 5.74) is 2.22. The van der Waals surface area contributed by atoms with E-state index in [0.29, 0.717) is 12.0 Å². The van der Waals surface area contributed by atoms with Gasteiger partial charge in [-0.3, -0.25) is 14.6 Å². The highest BCUT2D eigenvalue weighted by atomic mass is 32.1. The van der Waals surface area contributed by atoms with E-state index in [1.54, 1.807) is 11.3 Å². The molecule has 0 radical (unpaired) electrons. The van der Waals surface area contributed by atoms with Crippen molar-refractivity contribution in [3.8, 4) is 0 Å². The van der Waals surface area contributed by atoms with Gasteiger partial charge < -0.3 is 4.74 Å². The van der Waals surface area contributed by atoms with Crippen LogP contribution in [0.1, 0.15) is 44.4 Å². The van der Waals surface area contributed by atoms with Crippen LogP contribution < -0.4 is 0 Å². The number of nitrogens with zero attached hydrogens (tertiary/aromatic N) is 1. The molecule has 2 unspecified atom stereocenters. The summed E-state index contributed by atoms with van der Waals surface area (Å²) in [7, 11) is 1.39. The van der Waals surface area contributed by atoms with E-state index in [-0.39, 0.29) is 23.1 Å². The number of thiophene rings is 1. The molecule has 1 aromatic rings. The van der Waals surface area contributed by atoms with E-state index >= 15 is 0 Å². The molecule has 1 aliphatic carbocycles. The zero-order valence-corrected chi connectivity index (χ0v) is 14.7. The zero-order valence-electron chi connectivity index (χ0n) is 13.9. The number of carbonyl (C=O) groups excluding carboxylic acids is 2. The van der Waals surface area contributed by atoms with Crippen LogP contribution in [0.2, 0.25) is 0 Å². The van der Waals surface area contributed by atoms with Crippen LogP contribution in [-0.4, -0.2) is 24.6 Å². The lowest BCUT2D eigenvalue weighted by Gasteiger charge is -2.38. The molecule has 4 nitrogen and oxygen atoms in total. The lowest BCUT2D eigenvalue weighted by Crippen LogP contribution is -2.39. The van der Waals surface area contributed by atoms with Crippen LogP contribution in [0, 0.1) is 11.3 Å². The number of ketones is 1. The number of carbonyl (C=O) groups is 2. The van der Waals surface area contributed by atoms with Gasteiger partial charge in [0, 0.05) is 34.2 Å². The Balaban J connectivity index is 2.17. The van der Waals surface area contributed by atoms with Crippen LogP contribution in [0.3, 0.4) is 0 Å². The van der Waals surface area contributed by atoms with Crippen molar-refractivity contribution < 1.29 is 14.3 Å². The topological polar surface area (TPSA) is 55.7 Å². The molecule has 2 atom stereocenters. The predicted octanol–water partition coefficient (Wildman–Crippen LogP) is 3.74. The minimum Gasteiger partial charge on any atom is -0.468 e. The van der Waals surface area contributed by atoms with Gasteiger partial charge >= 0.3 is 5.97 Å². The van der Waals surface area contributed by atoms with Crippen LogP contribution in [0.15, 0.2) is 33.8 Å². The Labute approximate surface area is 140 Å². The Kier molecular flexibility index (Phi) is 4.00. The summed E-state index contributed by atoms with van der Waals surface area (Å²) in [6.07, 6.45) is 1.26. The fourth-order valence-electron chi connectivity index (χ4n) is 3.65. The molecule has 2 heterocycles.